The minimum atomic E-state index is 0.828. The van der Waals surface area contributed by atoms with Gasteiger partial charge in [0.2, 0.25) is 0 Å². The Bertz CT molecular complexity index is 1210. The third-order valence-corrected chi connectivity index (χ3v) is 8.06. The zero-order valence-corrected chi connectivity index (χ0v) is 24.7. The molecule has 4 aromatic rings. The highest BCUT2D eigenvalue weighted by molar-refractivity contribution is 5.43. The highest BCUT2D eigenvalue weighted by Crippen LogP contribution is 2.23. The van der Waals surface area contributed by atoms with Gasteiger partial charge in [0, 0.05) is 11.4 Å². The van der Waals surface area contributed by atoms with Crippen LogP contribution in [0.1, 0.15) is 96.9 Å². The third kappa shape index (κ3) is 9.01. The summed E-state index contributed by atoms with van der Waals surface area (Å²) < 4.78 is 0. The number of rotatable bonds is 15. The Balaban J connectivity index is 1.37. The van der Waals surface area contributed by atoms with E-state index in [0.29, 0.717) is 0 Å². The maximum atomic E-state index is 5.88. The van der Waals surface area contributed by atoms with Gasteiger partial charge in [-0.2, -0.15) is 0 Å². The van der Waals surface area contributed by atoms with Gasteiger partial charge in [-0.15, -0.1) is 0 Å². The van der Waals surface area contributed by atoms with Gasteiger partial charge < -0.3 is 11.5 Å². The molecule has 2 nitrogen and oxygen atoms in total. The van der Waals surface area contributed by atoms with Crippen LogP contribution in [0.2, 0.25) is 0 Å². The Morgan fingerprint density at radius 2 is 0.750 bits per heavy atom. The number of nitrogens with two attached hydrogens (primary N) is 2. The molecule has 40 heavy (non-hydrogen) atoms. The van der Waals surface area contributed by atoms with E-state index < -0.39 is 0 Å². The summed E-state index contributed by atoms with van der Waals surface area (Å²) in [7, 11) is 0. The molecule has 4 N–H and O–H groups in total. The monoisotopic (exact) mass is 532 g/mol. The molecule has 2 heteroatoms. The molecule has 0 spiro atoms. The summed E-state index contributed by atoms with van der Waals surface area (Å²) >= 11 is 0. The lowest BCUT2D eigenvalue weighted by molar-refractivity contribution is 0.711. The molecule has 0 aliphatic carbocycles. The second-order valence-electron chi connectivity index (χ2n) is 11.5. The highest BCUT2D eigenvalue weighted by atomic mass is 14.5. The predicted octanol–water partition coefficient (Wildman–Crippen LogP) is 9.28. The summed E-state index contributed by atoms with van der Waals surface area (Å²) in [6.07, 6.45) is 14.1. The molecule has 0 unspecified atom stereocenters. The Labute approximate surface area is 242 Å². The molecular formula is C38H48N2. The van der Waals surface area contributed by atoms with Crippen LogP contribution in [0.25, 0.3) is 0 Å². The van der Waals surface area contributed by atoms with Gasteiger partial charge in [0.1, 0.15) is 0 Å². The summed E-state index contributed by atoms with van der Waals surface area (Å²) in [5, 5.41) is 0. The number of anilines is 2. The fourth-order valence-corrected chi connectivity index (χ4v) is 5.64. The fourth-order valence-electron chi connectivity index (χ4n) is 5.64. The van der Waals surface area contributed by atoms with Crippen LogP contribution in [-0.4, -0.2) is 0 Å². The molecule has 0 saturated carbocycles. The van der Waals surface area contributed by atoms with Crippen molar-refractivity contribution in [3.05, 3.63) is 129 Å². The van der Waals surface area contributed by atoms with Gasteiger partial charge in [0.15, 0.2) is 0 Å². The molecule has 210 valence electrons. The first kappa shape index (κ1) is 29.5. The normalized spacial score (nSPS) is 11.2. The lowest BCUT2D eigenvalue weighted by Gasteiger charge is -2.14. The maximum absolute atomic E-state index is 5.88. The van der Waals surface area contributed by atoms with Crippen LogP contribution in [0.15, 0.2) is 84.9 Å². The first-order valence-electron chi connectivity index (χ1n) is 15.4. The van der Waals surface area contributed by atoms with Gasteiger partial charge in [-0.3, -0.25) is 0 Å². The van der Waals surface area contributed by atoms with E-state index in [0.717, 1.165) is 24.2 Å². The molecule has 0 saturated heterocycles. The van der Waals surface area contributed by atoms with Gasteiger partial charge in [-0.05, 0) is 133 Å². The average Bonchev–Trinajstić information content (AvgIpc) is 2.97. The van der Waals surface area contributed by atoms with E-state index >= 15 is 0 Å². The van der Waals surface area contributed by atoms with Crippen molar-refractivity contribution < 1.29 is 0 Å². The Morgan fingerprint density at radius 1 is 0.400 bits per heavy atom. The summed E-state index contributed by atoms with van der Waals surface area (Å²) in [5.74, 6) is 0. The summed E-state index contributed by atoms with van der Waals surface area (Å²) in [4.78, 5) is 0. The summed E-state index contributed by atoms with van der Waals surface area (Å²) in [5.41, 5.74) is 25.0. The first-order chi connectivity index (χ1) is 19.5. The maximum Gasteiger partial charge on any atom is 0.0314 e. The fraction of sp³-hybridized carbons (Fsp3) is 0.368. The average molecular weight is 533 g/mol. The Kier molecular flexibility index (Phi) is 11.3. The molecule has 0 bridgehead atoms. The van der Waals surface area contributed by atoms with Crippen LogP contribution in [0.5, 0.6) is 0 Å². The second kappa shape index (κ2) is 15.3. The SMILES string of the molecule is CCCCc1cc(Cc2ccc(N)cc2)ccc1CCCCc1ccc(Cc2ccc(N)cc2)cc1CCCC. The van der Waals surface area contributed by atoms with Gasteiger partial charge in [-0.25, -0.2) is 0 Å². The van der Waals surface area contributed by atoms with Crippen molar-refractivity contribution in [2.75, 3.05) is 11.5 Å². The predicted molar refractivity (Wildman–Crippen MR) is 174 cm³/mol. The standard InChI is InChI=1S/C38H48N2/c1-3-5-9-35-27-31(25-29-15-21-37(39)22-16-29)13-19-33(35)11-7-8-12-34-20-14-32(28-36(34)10-6-4-2)26-30-17-23-38(40)24-18-30/h13-24,27-28H,3-12,25-26,39-40H2,1-2H3. The van der Waals surface area contributed by atoms with E-state index in [2.05, 4.69) is 74.5 Å². The number of benzene rings is 4. The van der Waals surface area contributed by atoms with Crippen LogP contribution >= 0.6 is 0 Å². The number of unbranched alkanes of at least 4 members (excludes halogenated alkanes) is 3. The molecule has 0 aromatic heterocycles. The minimum absolute atomic E-state index is 0.828. The van der Waals surface area contributed by atoms with Crippen molar-refractivity contribution in [3.63, 3.8) is 0 Å². The number of aryl methyl sites for hydroxylation is 4. The second-order valence-corrected chi connectivity index (χ2v) is 11.5. The Morgan fingerprint density at radius 3 is 1.12 bits per heavy atom. The van der Waals surface area contributed by atoms with Crippen LogP contribution in [-0.2, 0) is 38.5 Å². The van der Waals surface area contributed by atoms with Gasteiger partial charge >= 0.3 is 0 Å². The van der Waals surface area contributed by atoms with Gasteiger partial charge in [-0.1, -0.05) is 87.4 Å². The molecule has 0 fully saturated rings. The van der Waals surface area contributed by atoms with Crippen molar-refractivity contribution in [1.82, 2.24) is 0 Å². The van der Waals surface area contributed by atoms with Crippen molar-refractivity contribution in [2.24, 2.45) is 0 Å². The number of hydrogen-bond donors (Lipinski definition) is 2. The summed E-state index contributed by atoms with van der Waals surface area (Å²) in [6.45, 7) is 4.57. The van der Waals surface area contributed by atoms with Crippen LogP contribution < -0.4 is 11.5 Å². The Hall–Kier alpha value is -3.52. The molecule has 0 radical (unpaired) electrons. The quantitative estimate of drug-likeness (QED) is 0.118. The topological polar surface area (TPSA) is 52.0 Å². The largest absolute Gasteiger partial charge is 0.399 e. The molecule has 0 amide bonds. The van der Waals surface area contributed by atoms with Gasteiger partial charge in [0.05, 0.1) is 0 Å². The zero-order chi connectivity index (χ0) is 28.2. The number of hydrogen-bond acceptors (Lipinski definition) is 2. The van der Waals surface area contributed by atoms with E-state index in [1.54, 1.807) is 22.3 Å². The van der Waals surface area contributed by atoms with Crippen molar-refractivity contribution in [3.8, 4) is 0 Å². The lowest BCUT2D eigenvalue weighted by Crippen LogP contribution is -2.01. The minimum Gasteiger partial charge on any atom is -0.399 e. The molecule has 0 heterocycles. The van der Waals surface area contributed by atoms with E-state index in [1.165, 1.54) is 86.5 Å². The van der Waals surface area contributed by atoms with Crippen LogP contribution in [0.4, 0.5) is 11.4 Å². The lowest BCUT2D eigenvalue weighted by atomic mass is 9.91. The van der Waals surface area contributed by atoms with Crippen LogP contribution in [0.3, 0.4) is 0 Å². The number of nitrogen functional groups attached to an aromatic ring is 2. The summed E-state index contributed by atoms with van der Waals surface area (Å²) in [6, 6.07) is 31.0. The third-order valence-electron chi connectivity index (χ3n) is 8.06. The van der Waals surface area contributed by atoms with E-state index in [-0.39, 0.29) is 0 Å². The first-order valence-corrected chi connectivity index (χ1v) is 15.4. The molecule has 4 aromatic carbocycles. The molecule has 4 rings (SSSR count). The zero-order valence-electron chi connectivity index (χ0n) is 24.7. The smallest absolute Gasteiger partial charge is 0.0314 e. The molecule has 0 atom stereocenters. The van der Waals surface area contributed by atoms with Crippen molar-refractivity contribution >= 4 is 11.4 Å². The van der Waals surface area contributed by atoms with Crippen LogP contribution in [0, 0.1) is 0 Å². The molecular weight excluding hydrogens is 484 g/mol. The highest BCUT2D eigenvalue weighted by Gasteiger charge is 2.08. The molecule has 0 aliphatic heterocycles. The van der Waals surface area contributed by atoms with Crippen molar-refractivity contribution in [1.29, 1.82) is 0 Å². The van der Waals surface area contributed by atoms with E-state index in [4.69, 9.17) is 11.5 Å². The molecule has 0 aliphatic rings. The van der Waals surface area contributed by atoms with Gasteiger partial charge in [0.25, 0.3) is 0 Å². The van der Waals surface area contributed by atoms with Crippen molar-refractivity contribution in [2.45, 2.75) is 90.9 Å². The van der Waals surface area contributed by atoms with E-state index in [9.17, 15) is 0 Å². The van der Waals surface area contributed by atoms with E-state index in [1.807, 2.05) is 24.3 Å².